The van der Waals surface area contributed by atoms with Gasteiger partial charge in [-0.2, -0.15) is 13.2 Å². The zero-order valence-corrected chi connectivity index (χ0v) is 10.4. The van der Waals surface area contributed by atoms with E-state index in [0.717, 1.165) is 12.0 Å². The summed E-state index contributed by atoms with van der Waals surface area (Å²) in [5.41, 5.74) is 1.76. The normalized spacial score (nSPS) is 13.5. The van der Waals surface area contributed by atoms with Gasteiger partial charge in [-0.05, 0) is 30.0 Å². The van der Waals surface area contributed by atoms with E-state index < -0.39 is 12.7 Å². The summed E-state index contributed by atoms with van der Waals surface area (Å²) in [4.78, 5) is 1.21. The minimum absolute atomic E-state index is 0.442. The maximum Gasteiger partial charge on any atom is 0.405 e. The molecule has 0 aliphatic rings. The highest BCUT2D eigenvalue weighted by molar-refractivity contribution is 5.47. The lowest BCUT2D eigenvalue weighted by Crippen LogP contribution is -2.30. The Morgan fingerprint density at radius 1 is 1.18 bits per heavy atom. The molecule has 0 bridgehead atoms. The van der Waals surface area contributed by atoms with Crippen molar-refractivity contribution in [2.75, 3.05) is 18.5 Å². The third kappa shape index (κ3) is 4.29. The fraction of sp³-hybridized carbons (Fsp3) is 0.538. The summed E-state index contributed by atoms with van der Waals surface area (Å²) in [6, 6.07) is 7.28. The highest BCUT2D eigenvalue weighted by atomic mass is 19.4. The van der Waals surface area contributed by atoms with Crippen LogP contribution in [0.3, 0.4) is 0 Å². The van der Waals surface area contributed by atoms with Gasteiger partial charge in [-0.25, -0.2) is 0 Å². The molecule has 17 heavy (non-hydrogen) atoms. The number of benzene rings is 1. The van der Waals surface area contributed by atoms with Gasteiger partial charge in [-0.1, -0.05) is 26.0 Å². The molecular formula is C13H18F3N. The molecule has 0 aliphatic carbocycles. The van der Waals surface area contributed by atoms with Crippen LogP contribution < -0.4 is 4.90 Å². The van der Waals surface area contributed by atoms with Crippen LogP contribution in [0.5, 0.6) is 0 Å². The minimum atomic E-state index is -4.16. The SMILES string of the molecule is CCC(C)c1ccc(N(C)CC(F)(F)F)cc1. The summed E-state index contributed by atoms with van der Waals surface area (Å²) >= 11 is 0. The molecule has 0 aliphatic heterocycles. The number of halogens is 3. The first-order valence-corrected chi connectivity index (χ1v) is 5.71. The van der Waals surface area contributed by atoms with Crippen molar-refractivity contribution < 1.29 is 13.2 Å². The number of hydrogen-bond acceptors (Lipinski definition) is 1. The first-order valence-electron chi connectivity index (χ1n) is 5.71. The van der Waals surface area contributed by atoms with Crippen LogP contribution in [0.4, 0.5) is 18.9 Å². The molecule has 1 nitrogen and oxygen atoms in total. The standard InChI is InChI=1S/C13H18F3N/c1-4-10(2)11-5-7-12(8-6-11)17(3)9-13(14,15)16/h5-8,10H,4,9H2,1-3H3. The Balaban J connectivity index is 2.74. The van der Waals surface area contributed by atoms with Crippen LogP contribution >= 0.6 is 0 Å². The fourth-order valence-corrected chi connectivity index (χ4v) is 1.65. The van der Waals surface area contributed by atoms with Gasteiger partial charge in [-0.15, -0.1) is 0 Å². The highest BCUT2D eigenvalue weighted by Gasteiger charge is 2.29. The third-order valence-corrected chi connectivity index (χ3v) is 2.93. The maximum absolute atomic E-state index is 12.2. The van der Waals surface area contributed by atoms with Gasteiger partial charge in [0.1, 0.15) is 6.54 Å². The summed E-state index contributed by atoms with van der Waals surface area (Å²) < 4.78 is 36.6. The van der Waals surface area contributed by atoms with E-state index in [0.29, 0.717) is 11.6 Å². The fourth-order valence-electron chi connectivity index (χ4n) is 1.65. The zero-order chi connectivity index (χ0) is 13.1. The predicted molar refractivity (Wildman–Crippen MR) is 64.5 cm³/mol. The Morgan fingerprint density at radius 3 is 2.12 bits per heavy atom. The Kier molecular flexibility index (Phi) is 4.43. The van der Waals surface area contributed by atoms with E-state index >= 15 is 0 Å². The van der Waals surface area contributed by atoms with E-state index in [1.807, 2.05) is 12.1 Å². The van der Waals surface area contributed by atoms with Gasteiger partial charge >= 0.3 is 6.18 Å². The van der Waals surface area contributed by atoms with Crippen molar-refractivity contribution in [1.82, 2.24) is 0 Å². The second kappa shape index (κ2) is 5.43. The predicted octanol–water partition coefficient (Wildman–Crippen LogP) is 4.20. The van der Waals surface area contributed by atoms with Crippen LogP contribution in [-0.2, 0) is 0 Å². The summed E-state index contributed by atoms with van der Waals surface area (Å²) in [5, 5.41) is 0. The van der Waals surface area contributed by atoms with E-state index in [1.165, 1.54) is 11.9 Å². The molecule has 1 aromatic carbocycles. The molecule has 0 radical (unpaired) electrons. The smallest absolute Gasteiger partial charge is 0.366 e. The molecule has 4 heteroatoms. The van der Waals surface area contributed by atoms with Gasteiger partial charge in [0.2, 0.25) is 0 Å². The van der Waals surface area contributed by atoms with Crippen molar-refractivity contribution in [2.45, 2.75) is 32.4 Å². The Labute approximate surface area is 100 Å². The average Bonchev–Trinajstić information content (AvgIpc) is 2.26. The van der Waals surface area contributed by atoms with Crippen LogP contribution in [0.1, 0.15) is 31.7 Å². The van der Waals surface area contributed by atoms with E-state index in [1.54, 1.807) is 12.1 Å². The second-order valence-corrected chi connectivity index (χ2v) is 4.37. The Morgan fingerprint density at radius 2 is 1.71 bits per heavy atom. The third-order valence-electron chi connectivity index (χ3n) is 2.93. The first kappa shape index (κ1) is 13.9. The van der Waals surface area contributed by atoms with Crippen LogP contribution in [-0.4, -0.2) is 19.8 Å². The Hall–Kier alpha value is -1.19. The maximum atomic E-state index is 12.2. The molecular weight excluding hydrogens is 227 g/mol. The molecule has 96 valence electrons. The van der Waals surface area contributed by atoms with Crippen LogP contribution in [0, 0.1) is 0 Å². The highest BCUT2D eigenvalue weighted by Crippen LogP contribution is 2.24. The molecule has 1 atom stereocenters. The average molecular weight is 245 g/mol. The molecule has 0 amide bonds. The molecule has 0 aromatic heterocycles. The molecule has 0 fully saturated rings. The number of nitrogens with zero attached hydrogens (tertiary/aromatic N) is 1. The summed E-state index contributed by atoms with van der Waals surface area (Å²) in [5.74, 6) is 0.442. The van der Waals surface area contributed by atoms with E-state index in [9.17, 15) is 13.2 Å². The molecule has 0 spiro atoms. The summed E-state index contributed by atoms with van der Waals surface area (Å²) in [6.07, 6.45) is -3.14. The number of anilines is 1. The molecule has 0 saturated carbocycles. The largest absolute Gasteiger partial charge is 0.405 e. The van der Waals surface area contributed by atoms with E-state index in [-0.39, 0.29) is 0 Å². The van der Waals surface area contributed by atoms with E-state index in [4.69, 9.17) is 0 Å². The van der Waals surface area contributed by atoms with Crippen molar-refractivity contribution in [2.24, 2.45) is 0 Å². The van der Waals surface area contributed by atoms with Crippen molar-refractivity contribution >= 4 is 5.69 Å². The molecule has 0 N–H and O–H groups in total. The lowest BCUT2D eigenvalue weighted by Gasteiger charge is -2.21. The lowest BCUT2D eigenvalue weighted by molar-refractivity contribution is -0.119. The summed E-state index contributed by atoms with van der Waals surface area (Å²) in [6.45, 7) is 3.28. The van der Waals surface area contributed by atoms with Crippen molar-refractivity contribution in [3.05, 3.63) is 29.8 Å². The molecule has 1 rings (SSSR count). The monoisotopic (exact) mass is 245 g/mol. The number of rotatable bonds is 4. The van der Waals surface area contributed by atoms with Gasteiger partial charge in [-0.3, -0.25) is 0 Å². The molecule has 0 saturated heterocycles. The number of alkyl halides is 3. The molecule has 1 unspecified atom stereocenters. The van der Waals surface area contributed by atoms with Crippen molar-refractivity contribution in [1.29, 1.82) is 0 Å². The van der Waals surface area contributed by atoms with Crippen molar-refractivity contribution in [3.8, 4) is 0 Å². The first-order chi connectivity index (χ1) is 7.83. The topological polar surface area (TPSA) is 3.24 Å². The summed E-state index contributed by atoms with van der Waals surface area (Å²) in [7, 11) is 1.45. The molecule has 0 heterocycles. The van der Waals surface area contributed by atoms with Gasteiger partial charge in [0.15, 0.2) is 0 Å². The minimum Gasteiger partial charge on any atom is -0.366 e. The van der Waals surface area contributed by atoms with Crippen LogP contribution in [0.2, 0.25) is 0 Å². The molecule has 1 aromatic rings. The second-order valence-electron chi connectivity index (χ2n) is 4.37. The van der Waals surface area contributed by atoms with Gasteiger partial charge in [0.05, 0.1) is 0 Å². The number of hydrogen-bond donors (Lipinski definition) is 0. The zero-order valence-electron chi connectivity index (χ0n) is 10.4. The lowest BCUT2D eigenvalue weighted by atomic mass is 9.98. The van der Waals surface area contributed by atoms with Crippen molar-refractivity contribution in [3.63, 3.8) is 0 Å². The van der Waals surface area contributed by atoms with E-state index in [2.05, 4.69) is 13.8 Å². The quantitative estimate of drug-likeness (QED) is 0.768. The van der Waals surface area contributed by atoms with Gasteiger partial charge in [0.25, 0.3) is 0 Å². The van der Waals surface area contributed by atoms with Crippen LogP contribution in [0.15, 0.2) is 24.3 Å². The van der Waals surface area contributed by atoms with Crippen LogP contribution in [0.25, 0.3) is 0 Å². The van der Waals surface area contributed by atoms with Gasteiger partial charge < -0.3 is 4.90 Å². The van der Waals surface area contributed by atoms with Gasteiger partial charge in [0, 0.05) is 12.7 Å². The Bertz CT molecular complexity index is 343.